The SMILES string of the molecule is O=C(Nc1cccc(S(=O)(=O)N2CCOC(C3CCCO3)C2)c1)C(F)(F)F. The quantitative estimate of drug-likeness (QED) is 0.821. The molecule has 11 heteroatoms. The predicted octanol–water partition coefficient (Wildman–Crippen LogP) is 1.76. The molecule has 27 heavy (non-hydrogen) atoms. The fourth-order valence-electron chi connectivity index (χ4n) is 3.07. The van der Waals surface area contributed by atoms with Crippen molar-refractivity contribution in [3.05, 3.63) is 24.3 Å². The van der Waals surface area contributed by atoms with Gasteiger partial charge in [-0.3, -0.25) is 4.79 Å². The van der Waals surface area contributed by atoms with Crippen molar-refractivity contribution in [3.63, 3.8) is 0 Å². The van der Waals surface area contributed by atoms with Crippen LogP contribution in [0.2, 0.25) is 0 Å². The van der Waals surface area contributed by atoms with E-state index in [1.807, 2.05) is 0 Å². The Bertz CT molecular complexity index is 793. The second-order valence-corrected chi connectivity index (χ2v) is 8.24. The van der Waals surface area contributed by atoms with Crippen molar-refractivity contribution < 1.29 is 35.9 Å². The van der Waals surface area contributed by atoms with E-state index in [1.54, 1.807) is 5.32 Å². The zero-order valence-electron chi connectivity index (χ0n) is 14.2. The average Bonchev–Trinajstić information content (AvgIpc) is 3.16. The summed E-state index contributed by atoms with van der Waals surface area (Å²) < 4.78 is 75.3. The van der Waals surface area contributed by atoms with Gasteiger partial charge in [-0.2, -0.15) is 17.5 Å². The van der Waals surface area contributed by atoms with E-state index in [0.717, 1.165) is 18.9 Å². The third-order valence-electron chi connectivity index (χ3n) is 4.42. The Morgan fingerprint density at radius 1 is 1.19 bits per heavy atom. The number of hydrogen-bond acceptors (Lipinski definition) is 5. The average molecular weight is 408 g/mol. The van der Waals surface area contributed by atoms with Crippen molar-refractivity contribution in [3.8, 4) is 0 Å². The number of benzene rings is 1. The number of anilines is 1. The Kier molecular flexibility index (Phi) is 5.75. The van der Waals surface area contributed by atoms with Crippen molar-refractivity contribution in [2.45, 2.75) is 36.1 Å². The van der Waals surface area contributed by atoms with E-state index < -0.39 is 22.1 Å². The van der Waals surface area contributed by atoms with E-state index in [-0.39, 0.29) is 42.5 Å². The number of nitrogens with zero attached hydrogens (tertiary/aromatic N) is 1. The summed E-state index contributed by atoms with van der Waals surface area (Å²) in [6.07, 6.45) is -3.94. The summed E-state index contributed by atoms with van der Waals surface area (Å²) in [5.41, 5.74) is -0.248. The molecule has 0 radical (unpaired) electrons. The van der Waals surface area contributed by atoms with Gasteiger partial charge in [-0.1, -0.05) is 6.07 Å². The van der Waals surface area contributed by atoms with E-state index in [0.29, 0.717) is 6.61 Å². The van der Waals surface area contributed by atoms with Crippen molar-refractivity contribution in [1.82, 2.24) is 4.31 Å². The lowest BCUT2D eigenvalue weighted by Crippen LogP contribution is -2.49. The van der Waals surface area contributed by atoms with Gasteiger partial charge in [0.2, 0.25) is 10.0 Å². The number of halogens is 3. The Balaban J connectivity index is 1.76. The molecule has 2 aliphatic rings. The van der Waals surface area contributed by atoms with Crippen LogP contribution in [0.5, 0.6) is 0 Å². The van der Waals surface area contributed by atoms with Crippen molar-refractivity contribution in [2.75, 3.05) is 31.6 Å². The van der Waals surface area contributed by atoms with Crippen molar-refractivity contribution in [1.29, 1.82) is 0 Å². The molecule has 1 aromatic rings. The molecule has 2 fully saturated rings. The van der Waals surface area contributed by atoms with E-state index in [9.17, 15) is 26.4 Å². The van der Waals surface area contributed by atoms with E-state index in [1.165, 1.54) is 22.5 Å². The van der Waals surface area contributed by atoms with Crippen LogP contribution < -0.4 is 5.32 Å². The molecule has 150 valence electrons. The highest BCUT2D eigenvalue weighted by molar-refractivity contribution is 7.89. The molecule has 7 nitrogen and oxygen atoms in total. The monoisotopic (exact) mass is 408 g/mol. The van der Waals surface area contributed by atoms with Gasteiger partial charge in [0.25, 0.3) is 0 Å². The minimum Gasteiger partial charge on any atom is -0.375 e. The molecule has 0 aromatic heterocycles. The van der Waals surface area contributed by atoms with Gasteiger partial charge in [-0.25, -0.2) is 8.42 Å². The van der Waals surface area contributed by atoms with Crippen molar-refractivity contribution in [2.24, 2.45) is 0 Å². The number of hydrogen-bond donors (Lipinski definition) is 1. The fraction of sp³-hybridized carbons (Fsp3) is 0.562. The molecule has 0 aliphatic carbocycles. The van der Waals surface area contributed by atoms with Gasteiger partial charge in [-0.05, 0) is 31.0 Å². The Morgan fingerprint density at radius 2 is 1.93 bits per heavy atom. The second kappa shape index (κ2) is 7.74. The van der Waals surface area contributed by atoms with Gasteiger partial charge in [0, 0.05) is 25.4 Å². The van der Waals surface area contributed by atoms with Crippen LogP contribution in [0.3, 0.4) is 0 Å². The maximum Gasteiger partial charge on any atom is 0.471 e. The first-order valence-electron chi connectivity index (χ1n) is 8.39. The molecule has 0 spiro atoms. The molecule has 1 aromatic carbocycles. The molecule has 1 amide bonds. The lowest BCUT2D eigenvalue weighted by Gasteiger charge is -2.34. The highest BCUT2D eigenvalue weighted by atomic mass is 32.2. The first-order valence-corrected chi connectivity index (χ1v) is 9.83. The maximum atomic E-state index is 12.9. The number of ether oxygens (including phenoxy) is 2. The zero-order chi connectivity index (χ0) is 19.7. The molecule has 2 atom stereocenters. The molecule has 1 N–H and O–H groups in total. The summed E-state index contributed by atoms with van der Waals surface area (Å²) in [6, 6.07) is 4.75. The summed E-state index contributed by atoms with van der Waals surface area (Å²) in [5, 5.41) is 1.66. The molecule has 3 rings (SSSR count). The number of sulfonamides is 1. The van der Waals surface area contributed by atoms with Gasteiger partial charge in [0.05, 0.1) is 23.7 Å². The summed E-state index contributed by atoms with van der Waals surface area (Å²) in [5.74, 6) is -2.16. The number of alkyl halides is 3. The minimum atomic E-state index is -5.06. The zero-order valence-corrected chi connectivity index (χ0v) is 15.1. The van der Waals surface area contributed by atoms with Gasteiger partial charge < -0.3 is 14.8 Å². The summed E-state index contributed by atoms with van der Waals surface area (Å²) in [7, 11) is -3.95. The summed E-state index contributed by atoms with van der Waals surface area (Å²) in [4.78, 5) is 10.9. The van der Waals surface area contributed by atoms with Crippen LogP contribution in [-0.2, 0) is 24.3 Å². The van der Waals surface area contributed by atoms with E-state index >= 15 is 0 Å². The third-order valence-corrected chi connectivity index (χ3v) is 6.28. The van der Waals surface area contributed by atoms with Crippen LogP contribution in [0.4, 0.5) is 18.9 Å². The first kappa shape index (κ1) is 20.1. The second-order valence-electron chi connectivity index (χ2n) is 6.30. The normalized spacial score (nSPS) is 24.7. The number of carbonyl (C=O) groups is 1. The van der Waals surface area contributed by atoms with Crippen LogP contribution >= 0.6 is 0 Å². The predicted molar refractivity (Wildman–Crippen MR) is 88.6 cm³/mol. The molecule has 2 unspecified atom stereocenters. The fourth-order valence-corrected chi connectivity index (χ4v) is 4.56. The molecule has 0 saturated carbocycles. The molecule has 0 bridgehead atoms. The number of nitrogens with one attached hydrogen (secondary N) is 1. The first-order chi connectivity index (χ1) is 12.7. The highest BCUT2D eigenvalue weighted by Crippen LogP contribution is 2.26. The van der Waals surface area contributed by atoms with Gasteiger partial charge in [0.15, 0.2) is 0 Å². The number of rotatable bonds is 4. The lowest BCUT2D eigenvalue weighted by atomic mass is 10.1. The van der Waals surface area contributed by atoms with Crippen LogP contribution in [0.25, 0.3) is 0 Å². The smallest absolute Gasteiger partial charge is 0.375 e. The van der Waals surface area contributed by atoms with Crippen LogP contribution in [0, 0.1) is 0 Å². The molecular weight excluding hydrogens is 389 g/mol. The van der Waals surface area contributed by atoms with E-state index in [4.69, 9.17) is 9.47 Å². The van der Waals surface area contributed by atoms with Crippen LogP contribution in [0.15, 0.2) is 29.2 Å². The molecule has 2 aliphatic heterocycles. The molecule has 2 saturated heterocycles. The highest BCUT2D eigenvalue weighted by Gasteiger charge is 2.39. The third kappa shape index (κ3) is 4.60. The van der Waals surface area contributed by atoms with Gasteiger partial charge in [-0.15, -0.1) is 0 Å². The summed E-state index contributed by atoms with van der Waals surface area (Å²) >= 11 is 0. The molecule has 2 heterocycles. The Morgan fingerprint density at radius 3 is 2.59 bits per heavy atom. The van der Waals surface area contributed by atoms with Crippen molar-refractivity contribution >= 4 is 21.6 Å². The maximum absolute atomic E-state index is 12.9. The largest absolute Gasteiger partial charge is 0.471 e. The standard InChI is InChI=1S/C16H19F3N2O5S/c17-16(18,19)15(22)20-11-3-1-4-12(9-11)27(23,24)21-6-8-26-14(10-21)13-5-2-7-25-13/h1,3-4,9,13-14H,2,5-8,10H2,(H,20,22). The van der Waals surface area contributed by atoms with E-state index in [2.05, 4.69) is 0 Å². The number of morpholine rings is 1. The number of carbonyl (C=O) groups excluding carboxylic acids is 1. The molecular formula is C16H19F3N2O5S. The number of amides is 1. The van der Waals surface area contributed by atoms with Gasteiger partial charge in [0.1, 0.15) is 0 Å². The van der Waals surface area contributed by atoms with Gasteiger partial charge >= 0.3 is 12.1 Å². The summed E-state index contributed by atoms with van der Waals surface area (Å²) in [6.45, 7) is 1.04. The van der Waals surface area contributed by atoms with Crippen LogP contribution in [0.1, 0.15) is 12.8 Å². The van der Waals surface area contributed by atoms with Crippen LogP contribution in [-0.4, -0.2) is 63.3 Å². The Hall–Kier alpha value is -1.69. The minimum absolute atomic E-state index is 0.103. The topological polar surface area (TPSA) is 84.9 Å². The Labute approximate surface area is 154 Å². The lowest BCUT2D eigenvalue weighted by molar-refractivity contribution is -0.167.